The molecule has 22 heavy (non-hydrogen) atoms. The second-order valence-corrected chi connectivity index (χ2v) is 5.04. The maximum absolute atomic E-state index is 12.1. The molecule has 2 rings (SSSR count). The lowest BCUT2D eigenvalue weighted by Gasteiger charge is -2.25. The fraction of sp³-hybridized carbons (Fsp3) is 0.429. The van der Waals surface area contributed by atoms with Gasteiger partial charge in [-0.25, -0.2) is 4.79 Å². The molecular formula is C14H16N4O4. The second kappa shape index (κ2) is 6.82. The number of carbonyl (C=O) groups is 2. The van der Waals surface area contributed by atoms with Crippen molar-refractivity contribution in [3.63, 3.8) is 0 Å². The molecular weight excluding hydrogens is 288 g/mol. The lowest BCUT2D eigenvalue weighted by atomic mass is 10.1. The number of methoxy groups -OCH3 is 1. The van der Waals surface area contributed by atoms with E-state index in [4.69, 9.17) is 10.3 Å². The molecule has 1 aliphatic heterocycles. The van der Waals surface area contributed by atoms with E-state index in [0.717, 1.165) is 0 Å². The van der Waals surface area contributed by atoms with Gasteiger partial charge in [0.1, 0.15) is 5.75 Å². The van der Waals surface area contributed by atoms with Gasteiger partial charge in [0.25, 0.3) is 0 Å². The smallest absolute Gasteiger partial charge is 0.331 e. The molecule has 1 aliphatic rings. The van der Waals surface area contributed by atoms with Crippen LogP contribution in [0, 0.1) is 5.92 Å². The summed E-state index contributed by atoms with van der Waals surface area (Å²) in [5.74, 6) is -0.880. The Bertz CT molecular complexity index is 610. The van der Waals surface area contributed by atoms with Gasteiger partial charge < -0.3 is 14.7 Å². The van der Waals surface area contributed by atoms with Gasteiger partial charge in [0.2, 0.25) is 5.91 Å². The van der Waals surface area contributed by atoms with Crippen molar-refractivity contribution in [2.24, 2.45) is 11.0 Å². The van der Waals surface area contributed by atoms with Crippen LogP contribution >= 0.6 is 0 Å². The minimum absolute atomic E-state index is 0.150. The zero-order chi connectivity index (χ0) is 16.1. The average Bonchev–Trinajstić information content (AvgIpc) is 2.86. The molecule has 0 bridgehead atoms. The third-order valence-corrected chi connectivity index (χ3v) is 3.62. The molecule has 1 N–H and O–H groups in total. The Labute approximate surface area is 126 Å². The quantitative estimate of drug-likeness (QED) is 0.491. The number of benzene rings is 1. The predicted molar refractivity (Wildman–Crippen MR) is 77.2 cm³/mol. The Kier molecular flexibility index (Phi) is 4.85. The van der Waals surface area contributed by atoms with Crippen LogP contribution in [-0.2, 0) is 9.59 Å². The highest BCUT2D eigenvalue weighted by molar-refractivity contribution is 5.86. The van der Waals surface area contributed by atoms with Crippen LogP contribution in [0.4, 0.5) is 0 Å². The molecule has 2 unspecified atom stereocenters. The number of carboxylic acids is 1. The van der Waals surface area contributed by atoms with Gasteiger partial charge in [0.15, 0.2) is 6.04 Å². The van der Waals surface area contributed by atoms with E-state index in [9.17, 15) is 14.7 Å². The Hall–Kier alpha value is -2.73. The van der Waals surface area contributed by atoms with Crippen LogP contribution in [-0.4, -0.2) is 42.1 Å². The van der Waals surface area contributed by atoms with Crippen molar-refractivity contribution in [1.82, 2.24) is 4.90 Å². The van der Waals surface area contributed by atoms with Crippen LogP contribution in [0.2, 0.25) is 0 Å². The number of likely N-dealkylation sites (tertiary alicyclic amines) is 1. The lowest BCUT2D eigenvalue weighted by Crippen LogP contribution is -2.35. The third-order valence-electron chi connectivity index (χ3n) is 3.62. The van der Waals surface area contributed by atoms with Crippen LogP contribution in [0.25, 0.3) is 10.4 Å². The van der Waals surface area contributed by atoms with Gasteiger partial charge in [-0.3, -0.25) is 4.79 Å². The Morgan fingerprint density at radius 2 is 2.23 bits per heavy atom. The number of nitrogens with zero attached hydrogens (tertiary/aromatic N) is 4. The topological polar surface area (TPSA) is 116 Å². The van der Waals surface area contributed by atoms with E-state index in [1.807, 2.05) is 0 Å². The Balaban J connectivity index is 2.22. The molecule has 1 aromatic carbocycles. The zero-order valence-electron chi connectivity index (χ0n) is 12.0. The summed E-state index contributed by atoms with van der Waals surface area (Å²) < 4.78 is 5.04. The molecule has 1 fully saturated rings. The van der Waals surface area contributed by atoms with Crippen LogP contribution in [0.1, 0.15) is 18.0 Å². The van der Waals surface area contributed by atoms with Crippen molar-refractivity contribution in [2.75, 3.05) is 20.2 Å². The predicted octanol–water partition coefficient (Wildman–Crippen LogP) is 1.98. The van der Waals surface area contributed by atoms with E-state index in [0.29, 0.717) is 11.3 Å². The monoisotopic (exact) mass is 304 g/mol. The first-order chi connectivity index (χ1) is 10.6. The van der Waals surface area contributed by atoms with Crippen molar-refractivity contribution in [3.8, 4) is 5.75 Å². The highest BCUT2D eigenvalue weighted by atomic mass is 16.5. The molecule has 0 aromatic heterocycles. The Morgan fingerprint density at radius 1 is 1.55 bits per heavy atom. The summed E-state index contributed by atoms with van der Waals surface area (Å²) in [4.78, 5) is 27.7. The highest BCUT2D eigenvalue weighted by Gasteiger charge is 2.38. The number of hydrogen-bond acceptors (Lipinski definition) is 4. The van der Waals surface area contributed by atoms with Crippen LogP contribution in [0.15, 0.2) is 29.4 Å². The molecule has 1 amide bonds. The molecule has 2 atom stereocenters. The largest absolute Gasteiger partial charge is 0.497 e. The van der Waals surface area contributed by atoms with Crippen LogP contribution < -0.4 is 4.74 Å². The van der Waals surface area contributed by atoms with E-state index in [2.05, 4.69) is 10.0 Å². The first-order valence-electron chi connectivity index (χ1n) is 6.74. The first kappa shape index (κ1) is 15.7. The van der Waals surface area contributed by atoms with Crippen molar-refractivity contribution < 1.29 is 19.4 Å². The SMILES string of the molecule is COc1ccc(C(C(=O)O)N2CC(CN=[N+]=[N-])CC2=O)cc1. The van der Waals surface area contributed by atoms with Crippen molar-refractivity contribution >= 4 is 11.9 Å². The zero-order valence-corrected chi connectivity index (χ0v) is 12.0. The van der Waals surface area contributed by atoms with Gasteiger partial charge in [0.05, 0.1) is 7.11 Å². The molecule has 8 nitrogen and oxygen atoms in total. The number of azide groups is 1. The van der Waals surface area contributed by atoms with Crippen molar-refractivity contribution in [1.29, 1.82) is 0 Å². The fourth-order valence-electron chi connectivity index (χ4n) is 2.57. The maximum atomic E-state index is 12.1. The second-order valence-electron chi connectivity index (χ2n) is 5.04. The molecule has 0 radical (unpaired) electrons. The van der Waals surface area contributed by atoms with Gasteiger partial charge in [-0.1, -0.05) is 17.2 Å². The van der Waals surface area contributed by atoms with Gasteiger partial charge in [-0.2, -0.15) is 0 Å². The summed E-state index contributed by atoms with van der Waals surface area (Å²) >= 11 is 0. The van der Waals surface area contributed by atoms with E-state index in [-0.39, 0.29) is 31.3 Å². The van der Waals surface area contributed by atoms with Gasteiger partial charge in [-0.15, -0.1) is 0 Å². The molecule has 8 heteroatoms. The lowest BCUT2D eigenvalue weighted by molar-refractivity contribution is -0.148. The third kappa shape index (κ3) is 3.29. The van der Waals surface area contributed by atoms with E-state index in [1.54, 1.807) is 24.3 Å². The summed E-state index contributed by atoms with van der Waals surface area (Å²) in [6.45, 7) is 0.453. The van der Waals surface area contributed by atoms with Gasteiger partial charge in [0, 0.05) is 24.4 Å². The number of carbonyl (C=O) groups excluding carboxylic acids is 1. The summed E-state index contributed by atoms with van der Waals surface area (Å²) in [6, 6.07) is 5.53. The minimum atomic E-state index is -1.09. The standard InChI is InChI=1S/C14H16N4O4/c1-22-11-4-2-10(3-5-11)13(14(20)21)18-8-9(6-12(18)19)7-16-17-15/h2-5,9,13H,6-8H2,1H3,(H,20,21). The molecule has 116 valence electrons. The number of hydrogen-bond donors (Lipinski definition) is 1. The fourth-order valence-corrected chi connectivity index (χ4v) is 2.57. The molecule has 1 heterocycles. The molecule has 0 saturated carbocycles. The number of aliphatic carboxylic acids is 1. The number of amides is 1. The number of rotatable bonds is 6. The average molecular weight is 304 g/mol. The molecule has 0 spiro atoms. The van der Waals surface area contributed by atoms with Crippen molar-refractivity contribution in [2.45, 2.75) is 12.5 Å². The minimum Gasteiger partial charge on any atom is -0.497 e. The Morgan fingerprint density at radius 3 is 2.77 bits per heavy atom. The highest BCUT2D eigenvalue weighted by Crippen LogP contribution is 2.30. The van der Waals surface area contributed by atoms with E-state index in [1.165, 1.54) is 12.0 Å². The van der Waals surface area contributed by atoms with E-state index < -0.39 is 12.0 Å². The first-order valence-corrected chi connectivity index (χ1v) is 6.74. The number of carboxylic acid groups (broad SMARTS) is 1. The van der Waals surface area contributed by atoms with Crippen molar-refractivity contribution in [3.05, 3.63) is 40.3 Å². The maximum Gasteiger partial charge on any atom is 0.331 e. The summed E-state index contributed by atoms with van der Waals surface area (Å²) in [7, 11) is 1.52. The molecule has 1 aromatic rings. The van der Waals surface area contributed by atoms with Crippen LogP contribution in [0.3, 0.4) is 0 Å². The summed E-state index contributed by atoms with van der Waals surface area (Å²) in [6.07, 6.45) is 0.193. The van der Waals surface area contributed by atoms with Gasteiger partial charge >= 0.3 is 5.97 Å². The van der Waals surface area contributed by atoms with Crippen LogP contribution in [0.5, 0.6) is 5.75 Å². The summed E-state index contributed by atoms with van der Waals surface area (Å²) in [5.41, 5.74) is 8.84. The molecule has 0 aliphatic carbocycles. The number of ether oxygens (including phenoxy) is 1. The van der Waals surface area contributed by atoms with E-state index >= 15 is 0 Å². The summed E-state index contributed by atoms with van der Waals surface area (Å²) in [5, 5.41) is 12.9. The normalized spacial score (nSPS) is 18.7. The van der Waals surface area contributed by atoms with Gasteiger partial charge in [-0.05, 0) is 29.1 Å². The molecule has 1 saturated heterocycles.